The number of nitrogens with two attached hydrogens (primary N) is 1. The summed E-state index contributed by atoms with van der Waals surface area (Å²) in [5.74, 6) is -4.97. The number of aromatic hydroxyl groups is 1. The van der Waals surface area contributed by atoms with E-state index in [0.717, 1.165) is 6.07 Å². The molecule has 0 fully saturated rings. The highest BCUT2D eigenvalue weighted by molar-refractivity contribution is 6.11. The van der Waals surface area contributed by atoms with Gasteiger partial charge in [-0.2, -0.15) is 0 Å². The van der Waals surface area contributed by atoms with Crippen LogP contribution < -0.4 is 27.2 Å². The zero-order chi connectivity index (χ0) is 47.3. The molecule has 16 nitrogen and oxygen atoms in total. The van der Waals surface area contributed by atoms with E-state index in [4.69, 9.17) is 20.0 Å². The van der Waals surface area contributed by atoms with Gasteiger partial charge in [-0.3, -0.25) is 14.4 Å². The number of amides is 2. The third-order valence-electron chi connectivity index (χ3n) is 11.3. The zero-order valence-corrected chi connectivity index (χ0v) is 34.7. The van der Waals surface area contributed by atoms with Gasteiger partial charge in [-0.05, 0) is 102 Å². The van der Waals surface area contributed by atoms with Crippen LogP contribution in [0.3, 0.4) is 0 Å². The molecule has 0 spiro atoms. The Morgan fingerprint density at radius 1 is 0.552 bits per heavy atom. The predicted molar refractivity (Wildman–Crippen MR) is 244 cm³/mol. The maximum atomic E-state index is 13.5. The summed E-state index contributed by atoms with van der Waals surface area (Å²) in [6.07, 6.45) is 0. The summed E-state index contributed by atoms with van der Waals surface area (Å²) < 4.78 is 12.2. The molecule has 2 aliphatic carbocycles. The summed E-state index contributed by atoms with van der Waals surface area (Å²) in [4.78, 5) is 76.2. The van der Waals surface area contributed by atoms with Crippen molar-refractivity contribution in [3.05, 3.63) is 182 Å². The number of nitrogen functional groups attached to an aromatic ring is 1. The van der Waals surface area contributed by atoms with E-state index in [9.17, 15) is 49.2 Å². The molecule has 0 saturated carbocycles. The molecule has 2 amide bonds. The van der Waals surface area contributed by atoms with Crippen molar-refractivity contribution in [3.63, 3.8) is 0 Å². The summed E-state index contributed by atoms with van der Waals surface area (Å²) in [7, 11) is 0. The van der Waals surface area contributed by atoms with E-state index in [1.165, 1.54) is 72.8 Å². The fourth-order valence-corrected chi connectivity index (χ4v) is 8.12. The van der Waals surface area contributed by atoms with E-state index in [2.05, 4.69) is 10.6 Å². The molecule has 67 heavy (non-hydrogen) atoms. The van der Waals surface area contributed by atoms with Crippen molar-refractivity contribution in [2.24, 2.45) is 0 Å². The van der Waals surface area contributed by atoms with Gasteiger partial charge in [-0.15, -0.1) is 0 Å². The van der Waals surface area contributed by atoms with E-state index in [-0.39, 0.29) is 74.5 Å². The number of rotatable bonds is 11. The van der Waals surface area contributed by atoms with Gasteiger partial charge < -0.3 is 51.0 Å². The number of nitrogens with one attached hydrogen (secondary N) is 3. The molecule has 0 aromatic heterocycles. The Kier molecular flexibility index (Phi) is 10.7. The van der Waals surface area contributed by atoms with Gasteiger partial charge in [-0.1, -0.05) is 24.3 Å². The molecule has 0 bridgehead atoms. The van der Waals surface area contributed by atoms with Crippen LogP contribution in [-0.4, -0.2) is 50.1 Å². The topological polar surface area (TPSA) is 284 Å². The number of hydrogen-bond acceptors (Lipinski definition) is 11. The molecule has 0 saturated heterocycles. The molecule has 5 aromatic rings. The van der Waals surface area contributed by atoms with Gasteiger partial charge in [0.05, 0.1) is 34.2 Å². The van der Waals surface area contributed by atoms with Crippen molar-refractivity contribution in [2.75, 3.05) is 5.73 Å². The molecule has 2 heterocycles. The van der Waals surface area contributed by atoms with Crippen LogP contribution in [-0.2, 0) is 13.1 Å². The maximum Gasteiger partial charge on any atom is 0.336 e. The number of fused-ring (bicyclic) bond motifs is 4. The smallest absolute Gasteiger partial charge is 0.336 e. The summed E-state index contributed by atoms with van der Waals surface area (Å²) in [6, 6.07) is 30.8. The lowest BCUT2D eigenvalue weighted by molar-refractivity contribution is 0.0682. The SMILES string of the molecule is N=c1ccc2c(-c3ccc(C(=O)NCc4ccc(C(=O)NCc5c(O)ccc6c(-c7ccc(C(=O)O)cc7C(=O)O)c7ccc(=O)cc-7oc56)cc4)cc3C(=O)O)c3ccc(N)cc3oc-2c1. The summed E-state index contributed by atoms with van der Waals surface area (Å²) in [5.41, 5.74) is 8.95. The van der Waals surface area contributed by atoms with Crippen molar-refractivity contribution in [1.82, 2.24) is 10.6 Å². The second-order valence-electron chi connectivity index (χ2n) is 15.5. The fourth-order valence-electron chi connectivity index (χ4n) is 8.12. The molecule has 2 aliphatic heterocycles. The van der Waals surface area contributed by atoms with Crippen LogP contribution in [0.15, 0.2) is 141 Å². The van der Waals surface area contributed by atoms with E-state index in [0.29, 0.717) is 61.2 Å². The molecule has 0 radical (unpaired) electrons. The molecule has 0 atom stereocenters. The van der Waals surface area contributed by atoms with Gasteiger partial charge >= 0.3 is 17.9 Å². The van der Waals surface area contributed by atoms with E-state index in [1.54, 1.807) is 48.5 Å². The Hall–Kier alpha value is -9.57. The quantitative estimate of drug-likeness (QED) is 0.0455. The number of phenolic OH excluding ortho intramolecular Hbond substituents is 1. The van der Waals surface area contributed by atoms with Gasteiger partial charge in [0, 0.05) is 74.6 Å². The minimum atomic E-state index is -1.40. The molecular weight excluding hydrogens is 861 g/mol. The third kappa shape index (κ3) is 8.01. The van der Waals surface area contributed by atoms with Crippen LogP contribution in [0.4, 0.5) is 5.69 Å². The minimum Gasteiger partial charge on any atom is -0.507 e. The van der Waals surface area contributed by atoms with E-state index >= 15 is 0 Å². The van der Waals surface area contributed by atoms with Crippen LogP contribution in [0.5, 0.6) is 5.75 Å². The third-order valence-corrected chi connectivity index (χ3v) is 11.3. The van der Waals surface area contributed by atoms with E-state index in [1.807, 2.05) is 0 Å². The molecule has 5 aromatic carbocycles. The first-order chi connectivity index (χ1) is 32.1. The van der Waals surface area contributed by atoms with Crippen LogP contribution in [0.2, 0.25) is 0 Å². The molecule has 16 heteroatoms. The average Bonchev–Trinajstić information content (AvgIpc) is 3.31. The van der Waals surface area contributed by atoms with Gasteiger partial charge in [0.15, 0.2) is 5.43 Å². The predicted octanol–water partition coefficient (Wildman–Crippen LogP) is 7.80. The molecule has 4 aliphatic rings. The number of anilines is 1. The lowest BCUT2D eigenvalue weighted by Crippen LogP contribution is -2.24. The lowest BCUT2D eigenvalue weighted by atomic mass is 9.89. The van der Waals surface area contributed by atoms with E-state index < -0.39 is 35.2 Å². The average molecular weight is 895 g/mol. The van der Waals surface area contributed by atoms with Gasteiger partial charge in [-0.25, -0.2) is 14.4 Å². The highest BCUT2D eigenvalue weighted by Crippen LogP contribution is 2.45. The van der Waals surface area contributed by atoms with Crippen molar-refractivity contribution in [3.8, 4) is 50.7 Å². The van der Waals surface area contributed by atoms with Crippen molar-refractivity contribution in [1.29, 1.82) is 5.41 Å². The van der Waals surface area contributed by atoms with Gasteiger partial charge in [0.2, 0.25) is 0 Å². The summed E-state index contributed by atoms with van der Waals surface area (Å²) >= 11 is 0. The lowest BCUT2D eigenvalue weighted by Gasteiger charge is -2.19. The number of hydrogen-bond donors (Lipinski definition) is 8. The first-order valence-corrected chi connectivity index (χ1v) is 20.3. The van der Waals surface area contributed by atoms with Crippen LogP contribution in [0, 0.1) is 5.41 Å². The number of benzene rings is 7. The Balaban J connectivity index is 0.941. The summed E-state index contributed by atoms with van der Waals surface area (Å²) in [6.45, 7) is -0.258. The van der Waals surface area contributed by atoms with Crippen LogP contribution in [0.1, 0.15) is 62.9 Å². The maximum absolute atomic E-state index is 13.5. The van der Waals surface area contributed by atoms with Crippen molar-refractivity contribution < 1.29 is 53.2 Å². The number of carboxylic acid groups (broad SMARTS) is 3. The second-order valence-corrected chi connectivity index (χ2v) is 15.5. The van der Waals surface area contributed by atoms with Crippen molar-refractivity contribution in [2.45, 2.75) is 13.1 Å². The monoisotopic (exact) mass is 894 g/mol. The highest BCUT2D eigenvalue weighted by atomic mass is 16.4. The van der Waals surface area contributed by atoms with Gasteiger partial charge in [0.25, 0.3) is 11.8 Å². The Bertz CT molecular complexity index is 3630. The largest absolute Gasteiger partial charge is 0.507 e. The number of phenols is 1. The molecule has 9 N–H and O–H groups in total. The first-order valence-electron chi connectivity index (χ1n) is 20.3. The second kappa shape index (κ2) is 16.9. The fraction of sp³-hybridized carbons (Fsp3) is 0.0392. The minimum absolute atomic E-state index is 0.0204. The highest BCUT2D eigenvalue weighted by Gasteiger charge is 2.26. The first kappa shape index (κ1) is 42.7. The zero-order valence-electron chi connectivity index (χ0n) is 34.7. The summed E-state index contributed by atoms with van der Waals surface area (Å²) in [5, 5.41) is 55.8. The van der Waals surface area contributed by atoms with Crippen molar-refractivity contribution >= 4 is 57.3 Å². The normalized spacial score (nSPS) is 11.2. The standard InChI is InChI=1S/C51H34N4O12/c52-28-7-12-33-41(19-28)66-42-20-29(53)8-13-34(42)44(33)31-10-5-26(17-37(31)50(62)63)48(59)54-22-24-1-3-25(4-2-24)47(58)55-23-39-40(57)16-15-36-45(35-14-9-30(56)21-43(35)67-46(36)39)32-11-6-27(49(60)61)18-38(32)51(64)65/h1-21,52,57H,22-23,53H2,(H,54,59)(H,55,58)(H,60,61)(H,62,63)(H,64,65). The van der Waals surface area contributed by atoms with Gasteiger partial charge in [0.1, 0.15) is 28.4 Å². The molecule has 9 rings (SSSR count). The van der Waals surface area contributed by atoms with Crippen LogP contribution in [0.25, 0.3) is 66.8 Å². The molecular formula is C51H34N4O12. The molecule has 0 unspecified atom stereocenters. The Labute approximate surface area is 377 Å². The Morgan fingerprint density at radius 2 is 1.12 bits per heavy atom. The van der Waals surface area contributed by atoms with Crippen LogP contribution >= 0.6 is 0 Å². The molecule has 330 valence electrons. The number of carboxylic acids is 3. The number of carbonyl (C=O) groups is 5. The number of aromatic carboxylic acids is 3. The number of carbonyl (C=O) groups excluding carboxylic acids is 2. The Morgan fingerprint density at radius 3 is 1.81 bits per heavy atom.